The maximum Gasteiger partial charge on any atom is 0.0414 e. The first kappa shape index (κ1) is 9.27. The molecule has 0 aliphatic carbocycles. The Hall–Kier alpha value is -0.730. The lowest BCUT2D eigenvalue weighted by molar-refractivity contribution is 0.326. The second kappa shape index (κ2) is 3.44. The van der Waals surface area contributed by atoms with E-state index in [-0.39, 0.29) is 11.5 Å². The lowest BCUT2D eigenvalue weighted by Crippen LogP contribution is -2.37. The number of azide groups is 1. The third-order valence-corrected chi connectivity index (χ3v) is 1.45. The predicted molar refractivity (Wildman–Crippen MR) is 41.4 cm³/mol. The van der Waals surface area contributed by atoms with Gasteiger partial charge in [0.1, 0.15) is 0 Å². The summed E-state index contributed by atoms with van der Waals surface area (Å²) in [6.45, 7) is 6.43. The summed E-state index contributed by atoms with van der Waals surface area (Å²) in [5.74, 6) is 0. The molecule has 0 saturated heterocycles. The average molecular weight is 142 g/mol. The molecule has 0 aromatic heterocycles. The summed E-state index contributed by atoms with van der Waals surface area (Å²) >= 11 is 0. The van der Waals surface area contributed by atoms with Gasteiger partial charge in [-0.05, 0) is 10.9 Å². The zero-order chi connectivity index (χ0) is 8.20. The van der Waals surface area contributed by atoms with Crippen molar-refractivity contribution in [3.8, 4) is 0 Å². The summed E-state index contributed by atoms with van der Waals surface area (Å²) in [5.41, 5.74) is 13.7. The van der Waals surface area contributed by atoms with E-state index in [4.69, 9.17) is 11.3 Å². The Morgan fingerprint density at radius 3 is 2.40 bits per heavy atom. The fraction of sp³-hybridized carbons (Fsp3) is 1.00. The molecule has 0 aliphatic rings. The van der Waals surface area contributed by atoms with Crippen molar-refractivity contribution < 1.29 is 0 Å². The summed E-state index contributed by atoms with van der Waals surface area (Å²) in [4.78, 5) is 2.63. The van der Waals surface area contributed by atoms with Crippen LogP contribution in [0.2, 0.25) is 0 Å². The van der Waals surface area contributed by atoms with Crippen LogP contribution in [0.1, 0.15) is 20.8 Å². The highest BCUT2D eigenvalue weighted by Gasteiger charge is 2.18. The molecule has 0 rings (SSSR count). The molecule has 0 radical (unpaired) electrons. The Morgan fingerprint density at radius 2 is 2.10 bits per heavy atom. The van der Waals surface area contributed by atoms with Gasteiger partial charge >= 0.3 is 0 Å². The molecule has 0 bridgehead atoms. The largest absolute Gasteiger partial charge is 0.327 e. The Kier molecular flexibility index (Phi) is 3.19. The van der Waals surface area contributed by atoms with Gasteiger partial charge in [-0.3, -0.25) is 0 Å². The number of nitrogens with zero attached hydrogens (tertiary/aromatic N) is 3. The molecule has 4 nitrogen and oxygen atoms in total. The van der Waals surface area contributed by atoms with Crippen LogP contribution < -0.4 is 5.73 Å². The Bertz CT molecular complexity index is 140. The molecule has 0 aliphatic heterocycles. The summed E-state index contributed by atoms with van der Waals surface area (Å²) < 4.78 is 0. The van der Waals surface area contributed by atoms with Crippen LogP contribution in [-0.2, 0) is 0 Å². The highest BCUT2D eigenvalue weighted by molar-refractivity contribution is 4.78. The smallest absolute Gasteiger partial charge is 0.0414 e. The molecule has 58 valence electrons. The molecule has 0 heterocycles. The van der Waals surface area contributed by atoms with E-state index in [2.05, 4.69) is 10.0 Å². The molecule has 10 heavy (non-hydrogen) atoms. The van der Waals surface area contributed by atoms with Gasteiger partial charge in [0.2, 0.25) is 0 Å². The fourth-order valence-electron chi connectivity index (χ4n) is 0.398. The van der Waals surface area contributed by atoms with Gasteiger partial charge in [0.15, 0.2) is 0 Å². The lowest BCUT2D eigenvalue weighted by Gasteiger charge is -2.25. The molecule has 1 atom stereocenters. The Morgan fingerprint density at radius 1 is 1.60 bits per heavy atom. The molecule has 2 N–H and O–H groups in total. The average Bonchev–Trinajstić information content (AvgIpc) is 1.80. The Balaban J connectivity index is 3.84. The molecule has 0 saturated carbocycles. The van der Waals surface area contributed by atoms with Crippen molar-refractivity contribution in [3.63, 3.8) is 0 Å². The van der Waals surface area contributed by atoms with E-state index in [1.54, 1.807) is 0 Å². The monoisotopic (exact) mass is 142 g/mol. The van der Waals surface area contributed by atoms with Crippen LogP contribution in [0.5, 0.6) is 0 Å². The van der Waals surface area contributed by atoms with Crippen LogP contribution in [0, 0.1) is 5.41 Å². The number of rotatable bonds is 2. The van der Waals surface area contributed by atoms with E-state index in [9.17, 15) is 0 Å². The molecular weight excluding hydrogens is 128 g/mol. The van der Waals surface area contributed by atoms with E-state index in [1.807, 2.05) is 20.8 Å². The standard InChI is InChI=1S/C6H14N4/c1-6(2,3)5(7)4-9-10-8/h5H,4,7H2,1-3H3. The first-order valence-electron chi connectivity index (χ1n) is 3.25. The van der Waals surface area contributed by atoms with Crippen molar-refractivity contribution >= 4 is 0 Å². The van der Waals surface area contributed by atoms with Gasteiger partial charge in [-0.2, -0.15) is 0 Å². The van der Waals surface area contributed by atoms with Crippen molar-refractivity contribution in [1.82, 2.24) is 0 Å². The van der Waals surface area contributed by atoms with Gasteiger partial charge in [0.25, 0.3) is 0 Å². The van der Waals surface area contributed by atoms with E-state index in [1.165, 1.54) is 0 Å². The van der Waals surface area contributed by atoms with Crippen molar-refractivity contribution in [1.29, 1.82) is 0 Å². The molecule has 0 spiro atoms. The third kappa shape index (κ3) is 3.33. The molecule has 1 unspecified atom stereocenters. The van der Waals surface area contributed by atoms with Gasteiger partial charge in [-0.1, -0.05) is 25.9 Å². The van der Waals surface area contributed by atoms with Crippen LogP contribution in [0.15, 0.2) is 5.11 Å². The van der Waals surface area contributed by atoms with Crippen molar-refractivity contribution in [2.24, 2.45) is 16.3 Å². The highest BCUT2D eigenvalue weighted by atomic mass is 15.1. The molecule has 0 fully saturated rings. The summed E-state index contributed by atoms with van der Waals surface area (Å²) in [7, 11) is 0. The highest BCUT2D eigenvalue weighted by Crippen LogP contribution is 2.16. The zero-order valence-corrected chi connectivity index (χ0v) is 6.70. The van der Waals surface area contributed by atoms with E-state index in [0.29, 0.717) is 6.54 Å². The molecule has 0 amide bonds. The second-order valence-electron chi connectivity index (χ2n) is 3.39. The second-order valence-corrected chi connectivity index (χ2v) is 3.39. The minimum atomic E-state index is -0.0524. The van der Waals surface area contributed by atoms with E-state index in [0.717, 1.165) is 0 Å². The van der Waals surface area contributed by atoms with Crippen molar-refractivity contribution in [2.45, 2.75) is 26.8 Å². The topological polar surface area (TPSA) is 74.8 Å². The minimum Gasteiger partial charge on any atom is -0.327 e. The van der Waals surface area contributed by atoms with Gasteiger partial charge in [0.05, 0.1) is 0 Å². The maximum atomic E-state index is 7.98. The third-order valence-electron chi connectivity index (χ3n) is 1.45. The van der Waals surface area contributed by atoms with E-state index >= 15 is 0 Å². The summed E-state index contributed by atoms with van der Waals surface area (Å²) in [5, 5.41) is 3.39. The first-order chi connectivity index (χ1) is 4.48. The first-order valence-corrected chi connectivity index (χ1v) is 3.25. The van der Waals surface area contributed by atoms with Gasteiger partial charge < -0.3 is 5.73 Å². The maximum absolute atomic E-state index is 7.98. The molecule has 4 heteroatoms. The number of nitrogens with two attached hydrogens (primary N) is 1. The minimum absolute atomic E-state index is 0.0220. The lowest BCUT2D eigenvalue weighted by atomic mass is 9.88. The van der Waals surface area contributed by atoms with Crippen molar-refractivity contribution in [3.05, 3.63) is 10.4 Å². The zero-order valence-electron chi connectivity index (χ0n) is 6.70. The number of hydrogen-bond donors (Lipinski definition) is 1. The van der Waals surface area contributed by atoms with Gasteiger partial charge in [-0.25, -0.2) is 0 Å². The molecule has 0 aromatic carbocycles. The molecule has 0 aromatic rings. The van der Waals surface area contributed by atoms with Gasteiger partial charge in [0, 0.05) is 17.5 Å². The van der Waals surface area contributed by atoms with Gasteiger partial charge in [-0.15, -0.1) is 0 Å². The van der Waals surface area contributed by atoms with Crippen LogP contribution >= 0.6 is 0 Å². The quantitative estimate of drug-likeness (QED) is 0.355. The molecular formula is C6H14N4. The van der Waals surface area contributed by atoms with Crippen LogP contribution in [0.25, 0.3) is 10.4 Å². The van der Waals surface area contributed by atoms with Crippen LogP contribution in [-0.4, -0.2) is 12.6 Å². The van der Waals surface area contributed by atoms with E-state index < -0.39 is 0 Å². The summed E-state index contributed by atoms with van der Waals surface area (Å²) in [6, 6.07) is -0.0524. The SMILES string of the molecule is CC(C)(C)C(N)CN=[N+]=[N-]. The Labute approximate surface area is 61.0 Å². The predicted octanol–water partition coefficient (Wildman–Crippen LogP) is 1.67. The van der Waals surface area contributed by atoms with Crippen LogP contribution in [0.4, 0.5) is 0 Å². The number of hydrogen-bond acceptors (Lipinski definition) is 2. The summed E-state index contributed by atoms with van der Waals surface area (Å²) in [6.07, 6.45) is 0. The van der Waals surface area contributed by atoms with Crippen LogP contribution in [0.3, 0.4) is 0 Å². The normalized spacial score (nSPS) is 14.0. The van der Waals surface area contributed by atoms with Crippen molar-refractivity contribution in [2.75, 3.05) is 6.54 Å². The fourth-order valence-corrected chi connectivity index (χ4v) is 0.398.